The molecule has 0 spiro atoms. The lowest BCUT2D eigenvalue weighted by molar-refractivity contribution is -0.766. The highest BCUT2D eigenvalue weighted by atomic mass is 15.5. The molecule has 30 heavy (non-hydrogen) atoms. The fourth-order valence-electron chi connectivity index (χ4n) is 3.16. The summed E-state index contributed by atoms with van der Waals surface area (Å²) in [5.74, 6) is 0. The molecule has 4 aromatic rings. The molecule has 0 fully saturated rings. The molecule has 0 aliphatic carbocycles. The topological polar surface area (TPSA) is 43.3 Å². The second kappa shape index (κ2) is 9.27. The van der Waals surface area contributed by atoms with Gasteiger partial charge in [0.15, 0.2) is 0 Å². The molecule has 0 aromatic heterocycles. The Morgan fingerprint density at radius 2 is 1.23 bits per heavy atom. The van der Waals surface area contributed by atoms with Gasteiger partial charge in [-0.2, -0.15) is 10.2 Å². The fraction of sp³-hybridized carbons (Fsp3) is 0.0769. The molecule has 0 aliphatic rings. The largest absolute Gasteiger partial charge is 0.452 e. The second-order valence-electron chi connectivity index (χ2n) is 7.09. The highest BCUT2D eigenvalue weighted by molar-refractivity contribution is 5.85. The summed E-state index contributed by atoms with van der Waals surface area (Å²) in [6.45, 7) is 0. The minimum absolute atomic E-state index is 0.832. The quantitative estimate of drug-likeness (QED) is 0.221. The monoisotopic (exact) mass is 392 g/mol. The van der Waals surface area contributed by atoms with Gasteiger partial charge in [0.05, 0.1) is 18.4 Å². The first-order chi connectivity index (χ1) is 14.7. The van der Waals surface area contributed by atoms with E-state index in [-0.39, 0.29) is 0 Å². The Balaban J connectivity index is 1.42. The normalized spacial score (nSPS) is 12.7. The Bertz CT molecular complexity index is 1180. The molecule has 148 valence electrons. The molecule has 0 amide bonds. The Morgan fingerprint density at radius 1 is 0.667 bits per heavy atom. The smallest absolute Gasteiger partial charge is 0.121 e. The second-order valence-corrected chi connectivity index (χ2v) is 7.09. The highest BCUT2D eigenvalue weighted by Gasteiger charge is 1.98. The lowest BCUT2D eigenvalue weighted by Gasteiger charge is -2.22. The van der Waals surface area contributed by atoms with E-state index in [0.717, 1.165) is 33.2 Å². The van der Waals surface area contributed by atoms with Gasteiger partial charge in [0.1, 0.15) is 5.69 Å². The van der Waals surface area contributed by atoms with E-state index >= 15 is 0 Å². The molecule has 4 aromatic carbocycles. The Kier molecular flexibility index (Phi) is 6.09. The van der Waals surface area contributed by atoms with E-state index in [9.17, 15) is 0 Å². The molecule has 1 atom stereocenters. The Morgan fingerprint density at radius 3 is 1.90 bits per heavy atom. The van der Waals surface area contributed by atoms with Crippen LogP contribution < -0.4 is 5.01 Å². The first-order valence-electron chi connectivity index (χ1n) is 9.94. The van der Waals surface area contributed by atoms with Crippen molar-refractivity contribution < 1.29 is 5.01 Å². The van der Waals surface area contributed by atoms with Crippen molar-refractivity contribution in [2.75, 3.05) is 14.1 Å². The minimum atomic E-state index is 0.832. The van der Waals surface area contributed by atoms with E-state index in [4.69, 9.17) is 0 Å². The number of nitrogens with one attached hydrogen (secondary N) is 1. The zero-order valence-electron chi connectivity index (χ0n) is 17.2. The Labute approximate surface area is 177 Å². The maximum absolute atomic E-state index is 4.38. The average Bonchev–Trinajstić information content (AvgIpc) is 2.81. The number of nitrogens with zero attached hydrogens (tertiary/aromatic N) is 3. The van der Waals surface area contributed by atoms with Crippen molar-refractivity contribution >= 4 is 40.0 Å². The van der Waals surface area contributed by atoms with Crippen molar-refractivity contribution in [2.45, 2.75) is 0 Å². The molecular formula is C26H24N4. The third-order valence-electron chi connectivity index (χ3n) is 5.04. The SMILES string of the molecule is C[N-][NH+](C)c1ccc(/C=C/c2ccc(N=Nc3ccc4ccccc4c3)cc2)cc1. The molecule has 4 nitrogen and oxygen atoms in total. The third kappa shape index (κ3) is 4.87. The first kappa shape index (κ1) is 19.7. The molecule has 0 saturated heterocycles. The van der Waals surface area contributed by atoms with Crippen LogP contribution in [0.4, 0.5) is 17.1 Å². The van der Waals surface area contributed by atoms with Gasteiger partial charge in [-0.25, -0.2) is 0 Å². The van der Waals surface area contributed by atoms with Crippen LogP contribution in [0.5, 0.6) is 0 Å². The number of hydrogen-bond donors (Lipinski definition) is 1. The zero-order valence-corrected chi connectivity index (χ0v) is 17.2. The average molecular weight is 393 g/mol. The molecule has 0 bridgehead atoms. The number of fused-ring (bicyclic) bond motifs is 1. The van der Waals surface area contributed by atoms with Crippen molar-refractivity contribution in [1.82, 2.24) is 0 Å². The van der Waals surface area contributed by atoms with Gasteiger partial charge in [-0.15, -0.1) is 7.05 Å². The van der Waals surface area contributed by atoms with Gasteiger partial charge in [-0.1, -0.05) is 54.6 Å². The summed E-state index contributed by atoms with van der Waals surface area (Å²) in [7, 11) is 3.83. The van der Waals surface area contributed by atoms with E-state index in [2.05, 4.69) is 76.3 Å². The van der Waals surface area contributed by atoms with Crippen LogP contribution >= 0.6 is 0 Å². The molecular weight excluding hydrogens is 368 g/mol. The molecule has 0 saturated carbocycles. The van der Waals surface area contributed by atoms with Crippen LogP contribution in [-0.2, 0) is 0 Å². The fourth-order valence-corrected chi connectivity index (χ4v) is 3.16. The maximum Gasteiger partial charge on any atom is 0.121 e. The predicted octanol–water partition coefficient (Wildman–Crippen LogP) is 6.49. The third-order valence-corrected chi connectivity index (χ3v) is 5.04. The number of benzene rings is 4. The van der Waals surface area contributed by atoms with Gasteiger partial charge >= 0.3 is 0 Å². The zero-order chi connectivity index (χ0) is 20.8. The summed E-state index contributed by atoms with van der Waals surface area (Å²) in [6, 6.07) is 30.8. The molecule has 0 aliphatic heterocycles. The maximum atomic E-state index is 4.38. The van der Waals surface area contributed by atoms with Crippen molar-refractivity contribution in [1.29, 1.82) is 0 Å². The van der Waals surface area contributed by atoms with Gasteiger partial charge < -0.3 is 10.4 Å². The van der Waals surface area contributed by atoms with Crippen LogP contribution in [0.2, 0.25) is 0 Å². The summed E-state index contributed by atoms with van der Waals surface area (Å²) in [5.41, 5.74) is 9.33. The highest BCUT2D eigenvalue weighted by Crippen LogP contribution is 2.23. The summed E-state index contributed by atoms with van der Waals surface area (Å²) < 4.78 is 0. The summed E-state index contributed by atoms with van der Waals surface area (Å²) in [6.07, 6.45) is 4.20. The number of hydrogen-bond acceptors (Lipinski definition) is 2. The molecule has 0 heterocycles. The number of rotatable bonds is 6. The lowest BCUT2D eigenvalue weighted by atomic mass is 10.1. The van der Waals surface area contributed by atoms with Gasteiger partial charge in [-0.3, -0.25) is 0 Å². The standard InChI is InChI=1S/C26H24N4/c1-27-30(2)26-17-11-21(12-18-26)8-7-20-9-14-24(15-10-20)28-29-25-16-13-22-5-3-4-6-23(22)19-25/h3-19,30H,1-2H3/b8-7+,29-28?. The summed E-state index contributed by atoms with van der Waals surface area (Å²) >= 11 is 0. The molecule has 4 rings (SSSR count). The van der Waals surface area contributed by atoms with Crippen LogP contribution in [-0.4, -0.2) is 14.1 Å². The van der Waals surface area contributed by atoms with Crippen molar-refractivity contribution in [3.8, 4) is 0 Å². The number of quaternary nitrogens is 1. The van der Waals surface area contributed by atoms with Gasteiger partial charge in [-0.05, 0) is 70.4 Å². The summed E-state index contributed by atoms with van der Waals surface area (Å²) in [5, 5.41) is 12.2. The van der Waals surface area contributed by atoms with Crippen molar-refractivity contribution in [3.63, 3.8) is 0 Å². The van der Waals surface area contributed by atoms with Gasteiger partial charge in [0.25, 0.3) is 0 Å². The van der Waals surface area contributed by atoms with E-state index < -0.39 is 0 Å². The molecule has 1 unspecified atom stereocenters. The van der Waals surface area contributed by atoms with Crippen molar-refractivity contribution in [2.24, 2.45) is 10.2 Å². The van der Waals surface area contributed by atoms with Crippen LogP contribution in [0.15, 0.2) is 101 Å². The Hall–Kier alpha value is -3.60. The van der Waals surface area contributed by atoms with Crippen LogP contribution in [0.1, 0.15) is 11.1 Å². The predicted molar refractivity (Wildman–Crippen MR) is 126 cm³/mol. The molecule has 0 radical (unpaired) electrons. The van der Waals surface area contributed by atoms with Gasteiger partial charge in [0, 0.05) is 0 Å². The van der Waals surface area contributed by atoms with Crippen LogP contribution in [0.25, 0.3) is 28.4 Å². The van der Waals surface area contributed by atoms with Crippen LogP contribution in [0, 0.1) is 0 Å². The van der Waals surface area contributed by atoms with E-state index in [1.54, 1.807) is 0 Å². The van der Waals surface area contributed by atoms with Crippen molar-refractivity contribution in [3.05, 3.63) is 108 Å². The van der Waals surface area contributed by atoms with E-state index in [1.807, 2.05) is 56.6 Å². The van der Waals surface area contributed by atoms with E-state index in [1.165, 1.54) is 10.8 Å². The molecule has 4 heteroatoms. The van der Waals surface area contributed by atoms with Gasteiger partial charge in [0.2, 0.25) is 0 Å². The summed E-state index contributed by atoms with van der Waals surface area (Å²) in [4.78, 5) is 0. The number of azo groups is 1. The lowest BCUT2D eigenvalue weighted by Crippen LogP contribution is -2.99. The first-order valence-corrected chi connectivity index (χ1v) is 9.94. The molecule has 1 N–H and O–H groups in total. The van der Waals surface area contributed by atoms with E-state index in [0.29, 0.717) is 0 Å². The van der Waals surface area contributed by atoms with Crippen LogP contribution in [0.3, 0.4) is 0 Å². The minimum Gasteiger partial charge on any atom is -0.452 e.